The van der Waals surface area contributed by atoms with E-state index in [2.05, 4.69) is 43.5 Å². The van der Waals surface area contributed by atoms with Gasteiger partial charge in [-0.1, -0.05) is 256 Å². The molecule has 0 saturated heterocycles. The summed E-state index contributed by atoms with van der Waals surface area (Å²) in [6.45, 7) is 4.66. The zero-order chi connectivity index (χ0) is 49.2. The summed E-state index contributed by atoms with van der Waals surface area (Å²) in [4.78, 5) is 25.4. The van der Waals surface area contributed by atoms with Crippen LogP contribution in [0.15, 0.2) is 36.5 Å². The van der Waals surface area contributed by atoms with E-state index < -0.39 is 20.0 Å². The number of carbonyl (C=O) groups is 1. The van der Waals surface area contributed by atoms with E-state index in [9.17, 15) is 19.4 Å². The second kappa shape index (κ2) is 49.7. The quantitative estimate of drug-likeness (QED) is 0.0272. The van der Waals surface area contributed by atoms with Crippen molar-refractivity contribution in [3.63, 3.8) is 0 Å². The lowest BCUT2D eigenvalue weighted by molar-refractivity contribution is -0.870. The van der Waals surface area contributed by atoms with Crippen LogP contribution in [0.1, 0.15) is 277 Å². The molecule has 0 aliphatic rings. The number of nitrogens with one attached hydrogen (secondary N) is 1. The van der Waals surface area contributed by atoms with Gasteiger partial charge in [-0.15, -0.1) is 0 Å². The van der Waals surface area contributed by atoms with Gasteiger partial charge < -0.3 is 28.8 Å². The highest BCUT2D eigenvalue weighted by Crippen LogP contribution is 2.38. The van der Waals surface area contributed by atoms with Gasteiger partial charge in [-0.25, -0.2) is 0 Å². The maximum atomic E-state index is 12.9. The molecular formula is C58H113N2O6P. The summed E-state index contributed by atoms with van der Waals surface area (Å²) >= 11 is 0. The van der Waals surface area contributed by atoms with Gasteiger partial charge in [0, 0.05) is 6.42 Å². The largest absolute Gasteiger partial charge is 0.756 e. The Morgan fingerprint density at radius 2 is 0.866 bits per heavy atom. The molecule has 0 saturated carbocycles. The van der Waals surface area contributed by atoms with Crippen LogP contribution < -0.4 is 10.2 Å². The van der Waals surface area contributed by atoms with Crippen LogP contribution in [0.25, 0.3) is 0 Å². The number of phosphoric ester groups is 1. The molecule has 1 amide bonds. The molecule has 8 nitrogen and oxygen atoms in total. The average molecular weight is 966 g/mol. The number of quaternary nitrogens is 1. The number of aliphatic hydroxyl groups is 1. The molecule has 0 aliphatic carbocycles. The second-order valence-corrected chi connectivity index (χ2v) is 22.4. The Kier molecular flexibility index (Phi) is 48.7. The van der Waals surface area contributed by atoms with Gasteiger partial charge in [0.05, 0.1) is 39.9 Å². The molecule has 0 radical (unpaired) electrons. The first-order chi connectivity index (χ1) is 32.5. The first kappa shape index (κ1) is 65.7. The summed E-state index contributed by atoms with van der Waals surface area (Å²) < 4.78 is 23.3. The molecule has 0 aliphatic heterocycles. The van der Waals surface area contributed by atoms with Gasteiger partial charge in [-0.3, -0.25) is 9.36 Å². The predicted octanol–water partition coefficient (Wildman–Crippen LogP) is 16.7. The zero-order valence-corrected chi connectivity index (χ0v) is 46.0. The first-order valence-electron chi connectivity index (χ1n) is 28.9. The van der Waals surface area contributed by atoms with Gasteiger partial charge in [0.1, 0.15) is 13.2 Å². The summed E-state index contributed by atoms with van der Waals surface area (Å²) in [7, 11) is 1.27. The first-order valence-corrected chi connectivity index (χ1v) is 30.3. The van der Waals surface area contributed by atoms with Crippen molar-refractivity contribution in [3.05, 3.63) is 36.5 Å². The lowest BCUT2D eigenvalue weighted by Gasteiger charge is -2.29. The summed E-state index contributed by atoms with van der Waals surface area (Å²) in [6, 6.07) is -0.884. The summed E-state index contributed by atoms with van der Waals surface area (Å²) in [5.74, 6) is -0.195. The van der Waals surface area contributed by atoms with Crippen LogP contribution in [0.2, 0.25) is 0 Å². The molecule has 3 unspecified atom stereocenters. The van der Waals surface area contributed by atoms with Crippen LogP contribution in [0.4, 0.5) is 0 Å². The van der Waals surface area contributed by atoms with Crippen molar-refractivity contribution < 1.29 is 32.9 Å². The Morgan fingerprint density at radius 3 is 1.24 bits per heavy atom. The number of likely N-dealkylation sites (N-methyl/N-ethyl adjacent to an activating group) is 1. The molecule has 0 aromatic carbocycles. The fourth-order valence-corrected chi connectivity index (χ4v) is 9.26. The van der Waals surface area contributed by atoms with E-state index in [0.29, 0.717) is 17.4 Å². The van der Waals surface area contributed by atoms with E-state index in [-0.39, 0.29) is 19.1 Å². The van der Waals surface area contributed by atoms with Crippen LogP contribution in [0, 0.1) is 0 Å². The molecule has 3 atom stereocenters. The van der Waals surface area contributed by atoms with Crippen LogP contribution in [-0.4, -0.2) is 68.5 Å². The molecule has 0 rings (SSSR count). The van der Waals surface area contributed by atoms with Crippen molar-refractivity contribution >= 4 is 13.7 Å². The minimum atomic E-state index is -4.59. The number of aliphatic hydroxyl groups excluding tert-OH is 1. The van der Waals surface area contributed by atoms with Crippen molar-refractivity contribution in [2.45, 2.75) is 289 Å². The molecule has 0 aromatic heterocycles. The third kappa shape index (κ3) is 52.4. The smallest absolute Gasteiger partial charge is 0.268 e. The molecule has 0 aromatic rings. The van der Waals surface area contributed by atoms with E-state index in [4.69, 9.17) is 9.05 Å². The molecule has 9 heteroatoms. The van der Waals surface area contributed by atoms with E-state index in [1.165, 1.54) is 212 Å². The summed E-state index contributed by atoms with van der Waals surface area (Å²) in [6.07, 6.45) is 63.8. The molecule has 0 fully saturated rings. The van der Waals surface area contributed by atoms with Gasteiger partial charge in [-0.2, -0.15) is 0 Å². The van der Waals surface area contributed by atoms with Gasteiger partial charge >= 0.3 is 0 Å². The number of carbonyl (C=O) groups excluding carboxylic acids is 1. The highest BCUT2D eigenvalue weighted by molar-refractivity contribution is 7.45. The standard InChI is InChI=1S/C58H113N2O6P/c1-6-8-10-12-14-16-18-20-21-22-23-24-25-26-27-28-29-30-31-32-33-34-35-36-37-38-39-40-42-44-46-48-50-52-58(62)59-56(55-66-67(63,64)65-54-53-60(3,4)5)57(61)51-49-47-45-43-41-19-17-15-13-11-9-7-2/h23-24,26-27,49,51,56-57,61H,6-22,25,28-48,50,52-55H2,1-5H3,(H-,59,62,63,64)/b24-23-,27-26-,51-49+. The van der Waals surface area contributed by atoms with Crippen LogP contribution in [0.5, 0.6) is 0 Å². The molecule has 0 heterocycles. The van der Waals surface area contributed by atoms with Crippen molar-refractivity contribution in [1.29, 1.82) is 0 Å². The van der Waals surface area contributed by atoms with Gasteiger partial charge in [-0.05, 0) is 51.4 Å². The third-order valence-corrected chi connectivity index (χ3v) is 14.1. The lowest BCUT2D eigenvalue weighted by atomic mass is 10.0. The Hall–Kier alpha value is -1.28. The lowest BCUT2D eigenvalue weighted by Crippen LogP contribution is -2.45. The third-order valence-electron chi connectivity index (χ3n) is 13.1. The number of phosphoric acid groups is 1. The van der Waals surface area contributed by atoms with E-state index in [0.717, 1.165) is 44.9 Å². The van der Waals surface area contributed by atoms with Crippen LogP contribution in [-0.2, 0) is 18.4 Å². The number of allylic oxidation sites excluding steroid dienone is 5. The summed E-state index contributed by atoms with van der Waals surface area (Å²) in [5, 5.41) is 13.8. The molecule has 396 valence electrons. The average Bonchev–Trinajstić information content (AvgIpc) is 3.29. The Balaban J connectivity index is 3.99. The molecule has 67 heavy (non-hydrogen) atoms. The SMILES string of the molecule is CCCCCCCCCCC/C=C\C/C=C\CCCCCCCCCCCCCCCCCCCC(=O)NC(COP(=O)([O-])OCC[N+](C)(C)C)C(O)/C=C/CCCCCCCCCCCC. The van der Waals surface area contributed by atoms with E-state index >= 15 is 0 Å². The number of rotatable bonds is 53. The zero-order valence-electron chi connectivity index (χ0n) is 45.1. The molecular weight excluding hydrogens is 852 g/mol. The summed E-state index contributed by atoms with van der Waals surface area (Å²) in [5.41, 5.74) is 0. The van der Waals surface area contributed by atoms with Gasteiger partial charge in [0.15, 0.2) is 0 Å². The second-order valence-electron chi connectivity index (χ2n) is 21.0. The van der Waals surface area contributed by atoms with Crippen LogP contribution in [0.3, 0.4) is 0 Å². The highest BCUT2D eigenvalue weighted by Gasteiger charge is 2.23. The fourth-order valence-electron chi connectivity index (χ4n) is 8.54. The highest BCUT2D eigenvalue weighted by atomic mass is 31.2. The number of hydrogen-bond donors (Lipinski definition) is 2. The van der Waals surface area contributed by atoms with Crippen molar-refractivity contribution in [1.82, 2.24) is 5.32 Å². The molecule has 2 N–H and O–H groups in total. The fraction of sp³-hybridized carbons (Fsp3) is 0.879. The normalized spacial score (nSPS) is 14.2. The molecule has 0 spiro atoms. The number of hydrogen-bond acceptors (Lipinski definition) is 6. The Labute approximate surface area is 417 Å². The van der Waals surface area contributed by atoms with Crippen LogP contribution >= 0.6 is 7.82 Å². The van der Waals surface area contributed by atoms with Gasteiger partial charge in [0.25, 0.3) is 7.82 Å². The van der Waals surface area contributed by atoms with E-state index in [1.54, 1.807) is 6.08 Å². The topological polar surface area (TPSA) is 108 Å². The minimum Gasteiger partial charge on any atom is -0.756 e. The number of nitrogens with zero attached hydrogens (tertiary/aromatic N) is 1. The van der Waals surface area contributed by atoms with Crippen molar-refractivity contribution in [2.24, 2.45) is 0 Å². The van der Waals surface area contributed by atoms with E-state index in [1.807, 2.05) is 27.2 Å². The predicted molar refractivity (Wildman–Crippen MR) is 288 cm³/mol. The maximum absolute atomic E-state index is 12.9. The Bertz CT molecular complexity index is 1190. The monoisotopic (exact) mass is 965 g/mol. The molecule has 0 bridgehead atoms. The van der Waals surface area contributed by atoms with Gasteiger partial charge in [0.2, 0.25) is 5.91 Å². The number of unbranched alkanes of at least 4 members (excludes halogenated alkanes) is 36. The maximum Gasteiger partial charge on any atom is 0.268 e. The van der Waals surface area contributed by atoms with Crippen molar-refractivity contribution in [3.8, 4) is 0 Å². The number of amides is 1. The Morgan fingerprint density at radius 1 is 0.522 bits per heavy atom. The minimum absolute atomic E-state index is 0.0000850. The van der Waals surface area contributed by atoms with Crippen molar-refractivity contribution in [2.75, 3.05) is 40.9 Å².